The van der Waals surface area contributed by atoms with E-state index in [-0.39, 0.29) is 12.5 Å². The van der Waals surface area contributed by atoms with Crippen molar-refractivity contribution in [2.45, 2.75) is 29.7 Å². The molecule has 2 unspecified atom stereocenters. The van der Waals surface area contributed by atoms with E-state index >= 15 is 0 Å². The van der Waals surface area contributed by atoms with Gasteiger partial charge in [0.2, 0.25) is 0 Å². The van der Waals surface area contributed by atoms with Gasteiger partial charge in [0, 0.05) is 40.0 Å². The highest BCUT2D eigenvalue weighted by Crippen LogP contribution is 2.36. The molecule has 198 valence electrons. The van der Waals surface area contributed by atoms with E-state index < -0.39 is 16.9 Å². The number of amides is 1. The van der Waals surface area contributed by atoms with Crippen LogP contribution in [-0.4, -0.2) is 44.8 Å². The number of nitrogens with two attached hydrogens (primary N) is 1. The van der Waals surface area contributed by atoms with Crippen LogP contribution < -0.4 is 15.2 Å². The third kappa shape index (κ3) is 4.63. The van der Waals surface area contributed by atoms with Crippen LogP contribution in [0.25, 0.3) is 33.1 Å². The van der Waals surface area contributed by atoms with Crippen LogP contribution in [0.2, 0.25) is 0 Å². The van der Waals surface area contributed by atoms with Gasteiger partial charge in [-0.15, -0.1) is 5.14 Å². The fourth-order valence-electron chi connectivity index (χ4n) is 5.48. The fraction of sp³-hybridized carbons (Fsp3) is 0.200. The largest absolute Gasteiger partial charge is 0.593 e. The second-order valence-electron chi connectivity index (χ2n) is 9.96. The Labute approximate surface area is 228 Å². The smallest absolute Gasteiger partial charge is 0.252 e. The average Bonchev–Trinajstić information content (AvgIpc) is 3.33. The van der Waals surface area contributed by atoms with Crippen LogP contribution in [0, 0.1) is 0 Å². The highest BCUT2D eigenvalue weighted by Gasteiger charge is 2.38. The molecule has 5 N–H and O–H groups in total. The van der Waals surface area contributed by atoms with Gasteiger partial charge in [-0.2, -0.15) is 0 Å². The van der Waals surface area contributed by atoms with Crippen molar-refractivity contribution in [3.8, 4) is 17.0 Å². The summed E-state index contributed by atoms with van der Waals surface area (Å²) in [6, 6.07) is 22.4. The number of hydrogen-bond acceptors (Lipinski definition) is 6. The predicted molar refractivity (Wildman–Crippen MR) is 152 cm³/mol. The zero-order valence-corrected chi connectivity index (χ0v) is 22.2. The number of aliphatic hydroxyl groups is 1. The number of ether oxygens (including phenoxy) is 1. The Balaban J connectivity index is 1.40. The van der Waals surface area contributed by atoms with E-state index in [0.717, 1.165) is 27.7 Å². The summed E-state index contributed by atoms with van der Waals surface area (Å²) >= 11 is -1.61. The lowest BCUT2D eigenvalue weighted by Crippen LogP contribution is -2.54. The van der Waals surface area contributed by atoms with Crippen LogP contribution in [0.15, 0.2) is 77.7 Å². The van der Waals surface area contributed by atoms with Gasteiger partial charge < -0.3 is 24.7 Å². The number of nitrogens with one attached hydrogen (secondary N) is 2. The summed E-state index contributed by atoms with van der Waals surface area (Å²) < 4.78 is 17.3. The lowest BCUT2D eigenvalue weighted by Gasteiger charge is -2.36. The van der Waals surface area contributed by atoms with E-state index in [1.54, 1.807) is 19.2 Å². The van der Waals surface area contributed by atoms with Crippen LogP contribution in [0.1, 0.15) is 28.0 Å². The average molecular weight is 541 g/mol. The Morgan fingerprint density at radius 1 is 1.15 bits per heavy atom. The normalized spacial score (nSPS) is 17.6. The molecule has 2 atom stereocenters. The molecule has 9 heteroatoms. The molecule has 2 aromatic heterocycles. The number of aromatic nitrogens is 2. The number of aliphatic hydroxyl groups excluding tert-OH is 1. The van der Waals surface area contributed by atoms with Gasteiger partial charge in [0.15, 0.2) is 4.90 Å². The Kier molecular flexibility index (Phi) is 6.52. The van der Waals surface area contributed by atoms with Gasteiger partial charge >= 0.3 is 0 Å². The van der Waals surface area contributed by atoms with Crippen molar-refractivity contribution in [2.24, 2.45) is 5.14 Å². The second-order valence-corrected chi connectivity index (χ2v) is 11.0. The highest BCUT2D eigenvalue weighted by atomic mass is 32.2. The first-order valence-electron chi connectivity index (χ1n) is 12.7. The molecule has 1 aliphatic rings. The molecule has 39 heavy (non-hydrogen) atoms. The molecule has 0 bridgehead atoms. The summed E-state index contributed by atoms with van der Waals surface area (Å²) in [5.41, 5.74) is 4.78. The number of H-pyrrole nitrogens is 1. The summed E-state index contributed by atoms with van der Waals surface area (Å²) in [6.45, 7) is -0.231. The van der Waals surface area contributed by atoms with Crippen molar-refractivity contribution in [1.82, 2.24) is 15.3 Å². The number of aromatic amines is 1. The summed E-state index contributed by atoms with van der Waals surface area (Å²) in [5.74, 6) is 0.325. The molecule has 5 aromatic rings. The van der Waals surface area contributed by atoms with Crippen molar-refractivity contribution < 1.29 is 19.2 Å². The number of aryl methyl sites for hydroxylation is 1. The molecule has 1 aliphatic carbocycles. The molecule has 1 amide bonds. The topological polar surface area (TPSA) is 136 Å². The molecule has 0 saturated carbocycles. The number of hydrogen-bond donors (Lipinski definition) is 4. The standard InChI is InChI=1S/C30H28N4O4S/c1-38-19-7-9-25-21(13-19)23(15-28(33-25)18-5-3-2-4-6-18)29(36)34-30(17-35)12-11-27-24(16-30)22-14-20(39(31)37)8-10-26(22)32-27/h2-10,13-15,32,35H,11-12,16-17,31H2,1H3,(H,34,36). The maximum absolute atomic E-state index is 14.0. The Morgan fingerprint density at radius 2 is 1.97 bits per heavy atom. The molecule has 0 radical (unpaired) electrons. The van der Waals surface area contributed by atoms with Gasteiger partial charge in [-0.25, -0.2) is 4.98 Å². The van der Waals surface area contributed by atoms with E-state index in [1.165, 1.54) is 0 Å². The molecule has 0 spiro atoms. The predicted octanol–water partition coefficient (Wildman–Crippen LogP) is 4.02. The van der Waals surface area contributed by atoms with Gasteiger partial charge in [0.25, 0.3) is 5.91 Å². The number of nitrogens with zero attached hydrogens (tertiary/aromatic N) is 1. The first-order valence-corrected chi connectivity index (χ1v) is 13.9. The van der Waals surface area contributed by atoms with E-state index in [9.17, 15) is 14.5 Å². The Bertz CT molecular complexity index is 1700. The van der Waals surface area contributed by atoms with Gasteiger partial charge in [-0.05, 0) is 54.8 Å². The summed E-state index contributed by atoms with van der Waals surface area (Å²) in [7, 11) is 1.58. The van der Waals surface area contributed by atoms with Crippen molar-refractivity contribution >= 4 is 39.1 Å². The number of rotatable bonds is 6. The monoisotopic (exact) mass is 540 g/mol. The zero-order valence-electron chi connectivity index (χ0n) is 21.4. The molecule has 0 aliphatic heterocycles. The van der Waals surface area contributed by atoms with Crippen LogP contribution in [0.5, 0.6) is 5.75 Å². The zero-order chi connectivity index (χ0) is 27.1. The van der Waals surface area contributed by atoms with E-state index in [0.29, 0.717) is 52.1 Å². The van der Waals surface area contributed by atoms with Crippen LogP contribution in [0.4, 0.5) is 0 Å². The summed E-state index contributed by atoms with van der Waals surface area (Å²) in [4.78, 5) is 22.7. The summed E-state index contributed by atoms with van der Waals surface area (Å²) in [5, 5.41) is 21.0. The SMILES string of the molecule is COc1ccc2nc(-c3ccccc3)cc(C(=O)NC3(CO)CCc4[nH]c5ccc([S+](N)[O-])cc5c4C3)c2c1. The van der Waals surface area contributed by atoms with Gasteiger partial charge in [-0.1, -0.05) is 30.3 Å². The molecule has 6 rings (SSSR count). The Morgan fingerprint density at radius 3 is 2.72 bits per heavy atom. The first kappa shape index (κ1) is 25.4. The lowest BCUT2D eigenvalue weighted by atomic mass is 9.80. The maximum atomic E-state index is 14.0. The lowest BCUT2D eigenvalue weighted by molar-refractivity contribution is 0.0810. The van der Waals surface area contributed by atoms with Gasteiger partial charge in [-0.3, -0.25) is 4.79 Å². The van der Waals surface area contributed by atoms with Crippen LogP contribution in [-0.2, 0) is 24.2 Å². The highest BCUT2D eigenvalue weighted by molar-refractivity contribution is 7.89. The molecule has 8 nitrogen and oxygen atoms in total. The van der Waals surface area contributed by atoms with E-state index in [1.807, 2.05) is 60.7 Å². The van der Waals surface area contributed by atoms with Gasteiger partial charge in [0.05, 0.1) is 47.4 Å². The van der Waals surface area contributed by atoms with Crippen molar-refractivity contribution in [2.75, 3.05) is 13.7 Å². The second kappa shape index (κ2) is 10.0. The Hall–Kier alpha value is -3.89. The van der Waals surface area contributed by atoms with Crippen molar-refractivity contribution in [3.63, 3.8) is 0 Å². The number of methoxy groups -OCH3 is 1. The minimum atomic E-state index is -1.61. The molecular weight excluding hydrogens is 512 g/mol. The number of carbonyl (C=O) groups is 1. The van der Waals surface area contributed by atoms with Gasteiger partial charge in [0.1, 0.15) is 5.75 Å². The third-order valence-corrected chi connectivity index (χ3v) is 8.30. The number of carbonyl (C=O) groups excluding carboxylic acids is 1. The molecule has 0 saturated heterocycles. The minimum Gasteiger partial charge on any atom is -0.593 e. The molecular formula is C30H28N4O4S. The number of fused-ring (bicyclic) bond motifs is 4. The number of benzene rings is 3. The van der Waals surface area contributed by atoms with Crippen LogP contribution in [0.3, 0.4) is 0 Å². The first-order chi connectivity index (χ1) is 18.9. The van der Waals surface area contributed by atoms with Crippen molar-refractivity contribution in [1.29, 1.82) is 0 Å². The minimum absolute atomic E-state index is 0.231. The van der Waals surface area contributed by atoms with E-state index in [2.05, 4.69) is 10.3 Å². The van der Waals surface area contributed by atoms with E-state index in [4.69, 9.17) is 14.9 Å². The third-order valence-electron chi connectivity index (χ3n) is 7.58. The molecule has 0 fully saturated rings. The molecule has 3 aromatic carbocycles. The molecule has 2 heterocycles. The van der Waals surface area contributed by atoms with Crippen molar-refractivity contribution in [3.05, 3.63) is 89.6 Å². The fourth-order valence-corrected chi connectivity index (χ4v) is 5.92. The number of pyridine rings is 1. The maximum Gasteiger partial charge on any atom is 0.252 e. The quantitative estimate of drug-likeness (QED) is 0.240. The van der Waals surface area contributed by atoms with Crippen LogP contribution >= 0.6 is 0 Å². The summed E-state index contributed by atoms with van der Waals surface area (Å²) in [6.07, 6.45) is 1.62.